The molecule has 0 bridgehead atoms. The molecular formula is C11H14ClNO5S3. The van der Waals surface area contributed by atoms with Crippen LogP contribution in [-0.4, -0.2) is 39.8 Å². The summed E-state index contributed by atoms with van der Waals surface area (Å²) < 4.78 is 45.7. The van der Waals surface area contributed by atoms with E-state index in [-0.39, 0.29) is 21.3 Å². The van der Waals surface area contributed by atoms with E-state index in [1.807, 2.05) is 0 Å². The second-order valence-electron chi connectivity index (χ2n) is 5.33. The Balaban J connectivity index is 2.23. The highest BCUT2D eigenvalue weighted by atomic mass is 35.7. The predicted molar refractivity (Wildman–Crippen MR) is 81.2 cm³/mol. The largest absolute Gasteiger partial charge is 0.345 e. The quantitative estimate of drug-likeness (QED) is 0.807. The van der Waals surface area contributed by atoms with E-state index in [2.05, 4.69) is 5.32 Å². The van der Waals surface area contributed by atoms with Crippen molar-refractivity contribution in [1.29, 1.82) is 0 Å². The van der Waals surface area contributed by atoms with E-state index in [4.69, 9.17) is 10.7 Å². The van der Waals surface area contributed by atoms with Crippen LogP contribution >= 0.6 is 22.0 Å². The summed E-state index contributed by atoms with van der Waals surface area (Å²) in [5, 5.41) is 2.67. The molecule has 0 radical (unpaired) electrons. The van der Waals surface area contributed by atoms with Crippen molar-refractivity contribution < 1.29 is 21.6 Å². The molecule has 2 heterocycles. The van der Waals surface area contributed by atoms with Crippen LogP contribution in [0.15, 0.2) is 11.0 Å². The maximum atomic E-state index is 12.2. The molecule has 1 aliphatic heterocycles. The maximum absolute atomic E-state index is 12.2. The molecule has 2 rings (SSSR count). The molecule has 1 N–H and O–H groups in total. The van der Waals surface area contributed by atoms with Crippen LogP contribution in [0.2, 0.25) is 0 Å². The molecule has 1 saturated heterocycles. The van der Waals surface area contributed by atoms with Gasteiger partial charge in [-0.05, 0) is 26.3 Å². The third kappa shape index (κ3) is 3.77. The molecule has 21 heavy (non-hydrogen) atoms. The maximum Gasteiger partial charge on any atom is 0.262 e. The Labute approximate surface area is 131 Å². The van der Waals surface area contributed by atoms with Gasteiger partial charge in [0.2, 0.25) is 0 Å². The number of sulfone groups is 1. The van der Waals surface area contributed by atoms with Crippen molar-refractivity contribution in [3.8, 4) is 0 Å². The van der Waals surface area contributed by atoms with Crippen LogP contribution in [-0.2, 0) is 18.9 Å². The summed E-state index contributed by atoms with van der Waals surface area (Å²) in [5.74, 6) is -0.569. The van der Waals surface area contributed by atoms with Crippen molar-refractivity contribution >= 4 is 46.8 Å². The molecule has 0 saturated carbocycles. The molecule has 0 aromatic carbocycles. The van der Waals surface area contributed by atoms with Crippen molar-refractivity contribution in [2.45, 2.75) is 30.7 Å². The second kappa shape index (κ2) is 5.22. The van der Waals surface area contributed by atoms with Gasteiger partial charge in [-0.2, -0.15) is 0 Å². The fourth-order valence-electron chi connectivity index (χ4n) is 2.26. The molecule has 1 atom stereocenters. The number of thiophene rings is 1. The zero-order valence-electron chi connectivity index (χ0n) is 11.3. The fourth-order valence-corrected chi connectivity index (χ4v) is 6.92. The summed E-state index contributed by atoms with van der Waals surface area (Å²) >= 11 is 1.01. The van der Waals surface area contributed by atoms with Gasteiger partial charge in [-0.15, -0.1) is 11.3 Å². The minimum absolute atomic E-state index is 0.0363. The molecule has 118 valence electrons. The van der Waals surface area contributed by atoms with E-state index in [0.29, 0.717) is 11.3 Å². The summed E-state index contributed by atoms with van der Waals surface area (Å²) in [4.78, 5) is 12.7. The van der Waals surface area contributed by atoms with Gasteiger partial charge in [-0.25, -0.2) is 16.8 Å². The number of aryl methyl sites for hydroxylation is 1. The standard InChI is InChI=1S/C11H14ClNO5S3/c1-7-9(21(12,17)18)5-8(19-7)10(14)13-11(2)3-4-20(15,16)6-11/h5H,3-4,6H2,1-2H3,(H,13,14). The molecule has 1 aromatic heterocycles. The third-order valence-electron chi connectivity index (χ3n) is 3.28. The summed E-state index contributed by atoms with van der Waals surface area (Å²) in [6.45, 7) is 3.22. The Kier molecular flexibility index (Phi) is 4.16. The van der Waals surface area contributed by atoms with Crippen molar-refractivity contribution in [1.82, 2.24) is 5.32 Å². The van der Waals surface area contributed by atoms with E-state index in [1.165, 1.54) is 6.07 Å². The molecule has 10 heteroatoms. The van der Waals surface area contributed by atoms with E-state index < -0.39 is 30.3 Å². The third-order valence-corrected chi connectivity index (χ3v) is 7.81. The zero-order chi connectivity index (χ0) is 16.1. The lowest BCUT2D eigenvalue weighted by Gasteiger charge is -2.23. The molecule has 1 aliphatic rings. The van der Waals surface area contributed by atoms with Crippen LogP contribution in [0.3, 0.4) is 0 Å². The molecule has 6 nitrogen and oxygen atoms in total. The number of hydrogen-bond acceptors (Lipinski definition) is 6. The number of amides is 1. The number of carbonyl (C=O) groups is 1. The highest BCUT2D eigenvalue weighted by molar-refractivity contribution is 8.13. The van der Waals surface area contributed by atoms with Crippen molar-refractivity contribution in [2.24, 2.45) is 0 Å². The Bertz CT molecular complexity index is 796. The molecule has 0 aliphatic carbocycles. The van der Waals surface area contributed by atoms with Crippen LogP contribution in [0.4, 0.5) is 0 Å². The fraction of sp³-hybridized carbons (Fsp3) is 0.545. The average Bonchev–Trinajstić information content (AvgIpc) is 2.79. The lowest BCUT2D eigenvalue weighted by molar-refractivity contribution is 0.0919. The van der Waals surface area contributed by atoms with Crippen LogP contribution in [0, 0.1) is 6.92 Å². The topological polar surface area (TPSA) is 97.4 Å². The van der Waals surface area contributed by atoms with Crippen molar-refractivity contribution in [2.75, 3.05) is 11.5 Å². The van der Waals surface area contributed by atoms with E-state index in [0.717, 1.165) is 11.3 Å². The molecule has 1 unspecified atom stereocenters. The number of carbonyl (C=O) groups excluding carboxylic acids is 1. The highest BCUT2D eigenvalue weighted by Crippen LogP contribution is 2.29. The van der Waals surface area contributed by atoms with Crippen LogP contribution in [0.5, 0.6) is 0 Å². The van der Waals surface area contributed by atoms with Gasteiger partial charge in [0, 0.05) is 15.6 Å². The second-order valence-corrected chi connectivity index (χ2v) is 11.3. The lowest BCUT2D eigenvalue weighted by atomic mass is 10.0. The Morgan fingerprint density at radius 1 is 1.48 bits per heavy atom. The van der Waals surface area contributed by atoms with Gasteiger partial charge in [-0.1, -0.05) is 0 Å². The van der Waals surface area contributed by atoms with Crippen LogP contribution < -0.4 is 5.32 Å². The Morgan fingerprint density at radius 3 is 2.52 bits per heavy atom. The first-order valence-electron chi connectivity index (χ1n) is 6.00. The Hall–Kier alpha value is -0.640. The van der Waals surface area contributed by atoms with Crippen molar-refractivity contribution in [3.63, 3.8) is 0 Å². The summed E-state index contributed by atoms with van der Waals surface area (Å²) in [6, 6.07) is 1.21. The summed E-state index contributed by atoms with van der Waals surface area (Å²) in [6.07, 6.45) is 0.339. The van der Waals surface area contributed by atoms with Crippen molar-refractivity contribution in [3.05, 3.63) is 15.8 Å². The monoisotopic (exact) mass is 371 g/mol. The van der Waals surface area contributed by atoms with E-state index >= 15 is 0 Å². The average molecular weight is 372 g/mol. The van der Waals surface area contributed by atoms with Gasteiger partial charge >= 0.3 is 0 Å². The first-order chi connectivity index (χ1) is 9.42. The van der Waals surface area contributed by atoms with Gasteiger partial charge in [0.25, 0.3) is 15.0 Å². The summed E-state index contributed by atoms with van der Waals surface area (Å²) in [5.41, 5.74) is -0.826. The minimum Gasteiger partial charge on any atom is -0.345 e. The SMILES string of the molecule is Cc1sc(C(=O)NC2(C)CCS(=O)(=O)C2)cc1S(=O)(=O)Cl. The number of halogens is 1. The molecule has 0 spiro atoms. The van der Waals surface area contributed by atoms with Gasteiger partial charge in [0.05, 0.1) is 26.8 Å². The van der Waals surface area contributed by atoms with Crippen LogP contribution in [0.25, 0.3) is 0 Å². The lowest BCUT2D eigenvalue weighted by Crippen LogP contribution is -2.46. The number of nitrogens with one attached hydrogen (secondary N) is 1. The van der Waals surface area contributed by atoms with Gasteiger partial charge in [-0.3, -0.25) is 4.79 Å². The highest BCUT2D eigenvalue weighted by Gasteiger charge is 2.39. The van der Waals surface area contributed by atoms with Crippen LogP contribution in [0.1, 0.15) is 27.9 Å². The number of hydrogen-bond donors (Lipinski definition) is 1. The molecule has 1 aromatic rings. The summed E-state index contributed by atoms with van der Waals surface area (Å²) in [7, 11) is -1.75. The van der Waals surface area contributed by atoms with Gasteiger partial charge < -0.3 is 5.32 Å². The molecular weight excluding hydrogens is 358 g/mol. The van der Waals surface area contributed by atoms with E-state index in [1.54, 1.807) is 13.8 Å². The molecule has 1 fully saturated rings. The minimum atomic E-state index is -3.90. The predicted octanol–water partition coefficient (Wildman–Crippen LogP) is 1.29. The van der Waals surface area contributed by atoms with E-state index in [9.17, 15) is 21.6 Å². The first-order valence-corrected chi connectivity index (χ1v) is 10.9. The van der Waals surface area contributed by atoms with Gasteiger partial charge in [0.15, 0.2) is 9.84 Å². The Morgan fingerprint density at radius 2 is 2.10 bits per heavy atom. The first kappa shape index (κ1) is 16.7. The zero-order valence-corrected chi connectivity index (χ0v) is 14.5. The number of rotatable bonds is 3. The van der Waals surface area contributed by atoms with Gasteiger partial charge in [0.1, 0.15) is 0 Å². The normalized spacial score (nSPS) is 24.9. The smallest absolute Gasteiger partial charge is 0.262 e. The molecule has 1 amide bonds.